The maximum atomic E-state index is 12.9. The van der Waals surface area contributed by atoms with E-state index >= 15 is 0 Å². The highest BCUT2D eigenvalue weighted by molar-refractivity contribution is 6.30. The van der Waals surface area contributed by atoms with E-state index in [0.29, 0.717) is 10.8 Å². The van der Waals surface area contributed by atoms with Crippen LogP contribution < -0.4 is 14.9 Å². The molecule has 4 aromatic rings. The molecule has 0 radical (unpaired) electrons. The van der Waals surface area contributed by atoms with Crippen LogP contribution in [-0.2, 0) is 6.18 Å². The Bertz CT molecular complexity index is 1390. The molecule has 0 bridgehead atoms. The van der Waals surface area contributed by atoms with Gasteiger partial charge in [-0.15, -0.1) is 0 Å². The fraction of sp³-hybridized carbons (Fsp3) is 0.0833. The van der Waals surface area contributed by atoms with Crippen molar-refractivity contribution in [3.63, 3.8) is 0 Å². The summed E-state index contributed by atoms with van der Waals surface area (Å²) < 4.78 is 54.6. The summed E-state index contributed by atoms with van der Waals surface area (Å²) in [4.78, 5) is 25.2. The van der Waals surface area contributed by atoms with Crippen molar-refractivity contribution in [1.82, 2.24) is 0 Å². The average molecular weight is 475 g/mol. The number of aryl methyl sites for hydroxylation is 1. The zero-order valence-corrected chi connectivity index (χ0v) is 17.7. The number of carbonyl (C=O) groups excluding carboxylic acids is 1. The van der Waals surface area contributed by atoms with Crippen LogP contribution in [0.15, 0.2) is 75.9 Å². The lowest BCUT2D eigenvalue weighted by molar-refractivity contribution is -0.137. The predicted molar refractivity (Wildman–Crippen MR) is 115 cm³/mol. The van der Waals surface area contributed by atoms with Gasteiger partial charge in [0.2, 0.25) is 11.2 Å². The van der Waals surface area contributed by atoms with Gasteiger partial charge in [-0.1, -0.05) is 11.6 Å². The minimum absolute atomic E-state index is 0.000628. The number of alkyl halides is 3. The number of hydrogen-bond acceptors (Lipinski definition) is 5. The summed E-state index contributed by atoms with van der Waals surface area (Å²) in [5.74, 6) is -0.199. The third-order valence-electron chi connectivity index (χ3n) is 4.68. The Kier molecular flexibility index (Phi) is 5.86. The van der Waals surface area contributed by atoms with Crippen molar-refractivity contribution < 1.29 is 31.9 Å². The molecule has 0 spiro atoms. The fourth-order valence-electron chi connectivity index (χ4n) is 3.03. The molecule has 168 valence electrons. The van der Waals surface area contributed by atoms with Crippen LogP contribution in [0.5, 0.6) is 17.2 Å². The molecule has 9 heteroatoms. The molecule has 5 nitrogen and oxygen atoms in total. The van der Waals surface area contributed by atoms with Crippen LogP contribution in [0.4, 0.5) is 13.2 Å². The summed E-state index contributed by atoms with van der Waals surface area (Å²) in [7, 11) is 0. The lowest BCUT2D eigenvalue weighted by atomic mass is 10.1. The number of hydrogen-bond donors (Lipinski definition) is 0. The van der Waals surface area contributed by atoms with Crippen LogP contribution >= 0.6 is 11.6 Å². The maximum Gasteiger partial charge on any atom is 0.416 e. The molecule has 0 aliphatic rings. The molecule has 0 N–H and O–H groups in total. The second-order valence-corrected chi connectivity index (χ2v) is 7.43. The zero-order chi connectivity index (χ0) is 23.8. The van der Waals surface area contributed by atoms with Crippen molar-refractivity contribution in [3.05, 3.63) is 98.9 Å². The van der Waals surface area contributed by atoms with E-state index in [9.17, 15) is 22.8 Å². The van der Waals surface area contributed by atoms with E-state index in [0.717, 1.165) is 24.3 Å². The minimum Gasteiger partial charge on any atom is -0.457 e. The number of ether oxygens (including phenoxy) is 2. The Balaban J connectivity index is 1.58. The average Bonchev–Trinajstić information content (AvgIpc) is 2.77. The third-order valence-corrected chi connectivity index (χ3v) is 4.93. The van der Waals surface area contributed by atoms with Crippen LogP contribution in [0.3, 0.4) is 0 Å². The van der Waals surface area contributed by atoms with Gasteiger partial charge in [0.1, 0.15) is 22.8 Å². The second kappa shape index (κ2) is 8.63. The minimum atomic E-state index is -4.51. The Hall–Kier alpha value is -3.78. The van der Waals surface area contributed by atoms with Gasteiger partial charge in [0.05, 0.1) is 16.5 Å². The summed E-state index contributed by atoms with van der Waals surface area (Å²) in [5.41, 5.74) is -1.21. The van der Waals surface area contributed by atoms with Gasteiger partial charge in [-0.25, -0.2) is 4.79 Å². The van der Waals surface area contributed by atoms with Crippen molar-refractivity contribution in [2.75, 3.05) is 0 Å². The Morgan fingerprint density at radius 2 is 1.58 bits per heavy atom. The van der Waals surface area contributed by atoms with E-state index < -0.39 is 23.1 Å². The highest BCUT2D eigenvalue weighted by atomic mass is 35.5. The molecule has 0 aliphatic carbocycles. The van der Waals surface area contributed by atoms with Gasteiger partial charge in [0, 0.05) is 11.1 Å². The largest absolute Gasteiger partial charge is 0.457 e. The normalized spacial score (nSPS) is 11.4. The lowest BCUT2D eigenvalue weighted by Gasteiger charge is -2.10. The highest BCUT2D eigenvalue weighted by Gasteiger charge is 2.30. The molecule has 0 aliphatic heterocycles. The molecule has 0 fully saturated rings. The lowest BCUT2D eigenvalue weighted by Crippen LogP contribution is -2.11. The van der Waals surface area contributed by atoms with E-state index in [4.69, 9.17) is 25.5 Å². The second-order valence-electron chi connectivity index (χ2n) is 7.00. The van der Waals surface area contributed by atoms with E-state index in [1.54, 1.807) is 31.2 Å². The topological polar surface area (TPSA) is 65.7 Å². The third kappa shape index (κ3) is 4.85. The van der Waals surface area contributed by atoms with Crippen molar-refractivity contribution >= 4 is 28.5 Å². The Labute approximate surface area is 189 Å². The van der Waals surface area contributed by atoms with E-state index in [2.05, 4.69) is 0 Å². The standard InChI is InChI=1S/C24H14ClF3O5/c1-13-22(32-17-8-6-16(25)7-9-17)21(29)19-11-10-18(12-20(19)31-13)33-23(30)14-2-4-15(5-3-14)24(26,27)28/h2-12H,1H3. The molecule has 33 heavy (non-hydrogen) atoms. The first kappa shape index (κ1) is 22.4. The van der Waals surface area contributed by atoms with Gasteiger partial charge in [-0.05, 0) is 67.6 Å². The molecule has 0 unspecified atom stereocenters. The molecule has 4 rings (SSSR count). The number of esters is 1. The first-order valence-corrected chi connectivity index (χ1v) is 9.90. The Morgan fingerprint density at radius 3 is 2.21 bits per heavy atom. The maximum absolute atomic E-state index is 12.9. The number of carbonyl (C=O) groups is 1. The van der Waals surface area contributed by atoms with Gasteiger partial charge in [-0.3, -0.25) is 4.79 Å². The molecular weight excluding hydrogens is 461 g/mol. The summed E-state index contributed by atoms with van der Waals surface area (Å²) in [6, 6.07) is 14.2. The van der Waals surface area contributed by atoms with Gasteiger partial charge in [0.15, 0.2) is 0 Å². The van der Waals surface area contributed by atoms with Gasteiger partial charge >= 0.3 is 12.1 Å². The van der Waals surface area contributed by atoms with E-state index in [1.807, 2.05) is 0 Å². The number of rotatable bonds is 4. The molecule has 1 aromatic heterocycles. The van der Waals surface area contributed by atoms with E-state index in [-0.39, 0.29) is 33.8 Å². The van der Waals surface area contributed by atoms with Crippen LogP contribution in [-0.4, -0.2) is 5.97 Å². The summed E-state index contributed by atoms with van der Waals surface area (Å²) in [6.07, 6.45) is -4.51. The van der Waals surface area contributed by atoms with E-state index in [1.165, 1.54) is 18.2 Å². The molecule has 1 heterocycles. The van der Waals surface area contributed by atoms with Crippen molar-refractivity contribution in [1.29, 1.82) is 0 Å². The van der Waals surface area contributed by atoms with Gasteiger partial charge < -0.3 is 13.9 Å². The van der Waals surface area contributed by atoms with Crippen LogP contribution in [0.1, 0.15) is 21.7 Å². The SMILES string of the molecule is Cc1oc2cc(OC(=O)c3ccc(C(F)(F)F)cc3)ccc2c(=O)c1Oc1ccc(Cl)cc1. The molecular formula is C24H14ClF3O5. The quantitative estimate of drug-likeness (QED) is 0.241. The smallest absolute Gasteiger partial charge is 0.416 e. The number of benzene rings is 3. The predicted octanol–water partition coefficient (Wildman–Crippen LogP) is 6.79. The number of halogens is 4. The molecule has 0 atom stereocenters. The van der Waals surface area contributed by atoms with Crippen LogP contribution in [0.25, 0.3) is 11.0 Å². The fourth-order valence-corrected chi connectivity index (χ4v) is 3.16. The first-order chi connectivity index (χ1) is 15.6. The van der Waals surface area contributed by atoms with Crippen molar-refractivity contribution in [2.45, 2.75) is 13.1 Å². The van der Waals surface area contributed by atoms with Crippen molar-refractivity contribution in [2.24, 2.45) is 0 Å². The van der Waals surface area contributed by atoms with Gasteiger partial charge in [0.25, 0.3) is 0 Å². The summed E-state index contributed by atoms with van der Waals surface area (Å²) in [5, 5.41) is 0.710. The highest BCUT2D eigenvalue weighted by Crippen LogP contribution is 2.30. The number of fused-ring (bicyclic) bond motifs is 1. The summed E-state index contributed by atoms with van der Waals surface area (Å²) in [6.45, 7) is 1.55. The zero-order valence-electron chi connectivity index (χ0n) is 16.9. The first-order valence-electron chi connectivity index (χ1n) is 9.52. The van der Waals surface area contributed by atoms with Crippen molar-refractivity contribution in [3.8, 4) is 17.2 Å². The monoisotopic (exact) mass is 474 g/mol. The molecule has 3 aromatic carbocycles. The molecule has 0 amide bonds. The molecule has 0 saturated carbocycles. The Morgan fingerprint density at radius 1 is 0.939 bits per heavy atom. The summed E-state index contributed by atoms with van der Waals surface area (Å²) >= 11 is 5.85. The van der Waals surface area contributed by atoms with Crippen LogP contribution in [0.2, 0.25) is 5.02 Å². The molecule has 0 saturated heterocycles. The van der Waals surface area contributed by atoms with Crippen LogP contribution in [0, 0.1) is 6.92 Å². The van der Waals surface area contributed by atoms with Gasteiger partial charge in [-0.2, -0.15) is 13.2 Å².